The molecule has 1 aromatic heterocycles. The smallest absolute Gasteiger partial charge is 0.246 e. The van der Waals surface area contributed by atoms with Crippen LogP contribution in [0.5, 0.6) is 17.2 Å². The molecule has 0 atom stereocenters. The van der Waals surface area contributed by atoms with Crippen LogP contribution in [0.15, 0.2) is 47.0 Å². The number of piperazine rings is 1. The summed E-state index contributed by atoms with van der Waals surface area (Å²) >= 11 is 6.28. The van der Waals surface area contributed by atoms with E-state index in [2.05, 4.69) is 15.0 Å². The summed E-state index contributed by atoms with van der Waals surface area (Å²) in [4.78, 5) is 21.2. The summed E-state index contributed by atoms with van der Waals surface area (Å²) in [5, 5.41) is 4.55. The number of ether oxygens (including phenoxy) is 3. The number of fused-ring (bicyclic) bond motifs is 1. The van der Waals surface area contributed by atoms with Gasteiger partial charge in [-0.1, -0.05) is 16.8 Å². The molecule has 35 heavy (non-hydrogen) atoms. The second-order valence-corrected chi connectivity index (χ2v) is 8.61. The number of nitrogens with zero attached hydrogens (tertiary/aromatic N) is 4. The molecular formula is C25H25ClN4O5. The first kappa shape index (κ1) is 23.2. The Morgan fingerprint density at radius 2 is 1.89 bits per heavy atom. The van der Waals surface area contributed by atoms with E-state index in [4.69, 9.17) is 30.3 Å². The number of hydrogen-bond donors (Lipinski definition) is 0. The van der Waals surface area contributed by atoms with Crippen LogP contribution in [0.1, 0.15) is 11.5 Å². The summed E-state index contributed by atoms with van der Waals surface area (Å²) in [5.74, 6) is 2.97. The van der Waals surface area contributed by atoms with Crippen LogP contribution < -0.4 is 14.2 Å². The van der Waals surface area contributed by atoms with E-state index in [1.165, 1.54) is 0 Å². The van der Waals surface area contributed by atoms with Gasteiger partial charge in [0.1, 0.15) is 19.0 Å². The van der Waals surface area contributed by atoms with E-state index in [0.29, 0.717) is 61.1 Å². The quantitative estimate of drug-likeness (QED) is 0.479. The van der Waals surface area contributed by atoms with Gasteiger partial charge in [0.25, 0.3) is 0 Å². The van der Waals surface area contributed by atoms with Crippen molar-refractivity contribution in [1.82, 2.24) is 19.9 Å². The zero-order chi connectivity index (χ0) is 24.2. The van der Waals surface area contributed by atoms with E-state index < -0.39 is 0 Å². The van der Waals surface area contributed by atoms with Crippen LogP contribution in [0.25, 0.3) is 17.5 Å². The molecule has 0 bridgehead atoms. The number of aromatic nitrogens is 2. The van der Waals surface area contributed by atoms with Crippen molar-refractivity contribution in [3.8, 4) is 28.6 Å². The lowest BCUT2D eigenvalue weighted by Gasteiger charge is -2.33. The average Bonchev–Trinajstić information content (AvgIpc) is 3.36. The Morgan fingerprint density at radius 1 is 1.11 bits per heavy atom. The molecule has 0 radical (unpaired) electrons. The summed E-state index contributed by atoms with van der Waals surface area (Å²) < 4.78 is 21.7. The minimum atomic E-state index is -0.0461. The third kappa shape index (κ3) is 5.41. The molecule has 0 spiro atoms. The molecule has 0 unspecified atom stereocenters. The van der Waals surface area contributed by atoms with Gasteiger partial charge in [-0.3, -0.25) is 9.69 Å². The number of benzene rings is 2. The van der Waals surface area contributed by atoms with Crippen molar-refractivity contribution in [2.75, 3.05) is 46.5 Å². The fourth-order valence-corrected chi connectivity index (χ4v) is 4.27. The van der Waals surface area contributed by atoms with E-state index >= 15 is 0 Å². The molecule has 1 saturated heterocycles. The van der Waals surface area contributed by atoms with E-state index in [1.54, 1.807) is 25.3 Å². The van der Waals surface area contributed by atoms with Crippen molar-refractivity contribution in [2.24, 2.45) is 0 Å². The van der Waals surface area contributed by atoms with Crippen molar-refractivity contribution >= 4 is 23.6 Å². The number of methoxy groups -OCH3 is 1. The largest absolute Gasteiger partial charge is 0.497 e. The second-order valence-electron chi connectivity index (χ2n) is 8.20. The molecule has 3 heterocycles. The first-order chi connectivity index (χ1) is 17.1. The summed E-state index contributed by atoms with van der Waals surface area (Å²) in [7, 11) is 1.63. The van der Waals surface area contributed by atoms with E-state index in [1.807, 2.05) is 35.2 Å². The van der Waals surface area contributed by atoms with Crippen molar-refractivity contribution in [3.05, 3.63) is 59.0 Å². The third-order valence-corrected chi connectivity index (χ3v) is 6.18. The summed E-state index contributed by atoms with van der Waals surface area (Å²) in [5.41, 5.74) is 1.65. The van der Waals surface area contributed by atoms with Crippen LogP contribution in [0, 0.1) is 0 Å². The maximum absolute atomic E-state index is 12.7. The van der Waals surface area contributed by atoms with E-state index in [9.17, 15) is 4.79 Å². The molecule has 182 valence electrons. The normalized spacial score (nSPS) is 16.0. The molecule has 0 N–H and O–H groups in total. The Kier molecular flexibility index (Phi) is 6.87. The Balaban J connectivity index is 1.13. The summed E-state index contributed by atoms with van der Waals surface area (Å²) in [6.45, 7) is 4.16. The van der Waals surface area contributed by atoms with Crippen LogP contribution >= 0.6 is 11.6 Å². The Bertz CT molecular complexity index is 1220. The number of halogens is 1. The average molecular weight is 497 g/mol. The van der Waals surface area contributed by atoms with E-state index in [0.717, 1.165) is 30.0 Å². The predicted octanol–water partition coefficient (Wildman–Crippen LogP) is 3.53. The second kappa shape index (κ2) is 10.4. The lowest BCUT2D eigenvalue weighted by Crippen LogP contribution is -2.47. The Labute approximate surface area is 207 Å². The van der Waals surface area contributed by atoms with Gasteiger partial charge in [0.2, 0.25) is 17.6 Å². The molecule has 9 nitrogen and oxygen atoms in total. The molecule has 10 heteroatoms. The standard InChI is InChI=1S/C25H25ClN4O5/c1-32-19-5-3-18(4-6-19)25-27-22(35-28-25)16-29-8-10-30(11-9-29)23(31)7-2-17-14-20(26)24-21(15-17)33-12-13-34-24/h2-7,14-15H,8-13,16H2,1H3/b7-2+. The summed E-state index contributed by atoms with van der Waals surface area (Å²) in [6.07, 6.45) is 3.31. The molecular weight excluding hydrogens is 472 g/mol. The monoisotopic (exact) mass is 496 g/mol. The van der Waals surface area contributed by atoms with Crippen LogP contribution in [0.3, 0.4) is 0 Å². The van der Waals surface area contributed by atoms with Gasteiger partial charge in [0.15, 0.2) is 11.5 Å². The SMILES string of the molecule is COc1ccc(-c2noc(CN3CCN(C(=O)/C=C/c4cc(Cl)c5c(c4)OCCO5)CC3)n2)cc1. The first-order valence-electron chi connectivity index (χ1n) is 11.3. The van der Waals surface area contributed by atoms with Crippen molar-refractivity contribution < 1.29 is 23.5 Å². The van der Waals surface area contributed by atoms with Crippen molar-refractivity contribution in [3.63, 3.8) is 0 Å². The van der Waals surface area contributed by atoms with Gasteiger partial charge >= 0.3 is 0 Å². The zero-order valence-corrected chi connectivity index (χ0v) is 20.0. The van der Waals surface area contributed by atoms with Crippen LogP contribution in [0.4, 0.5) is 0 Å². The molecule has 5 rings (SSSR count). The van der Waals surface area contributed by atoms with Gasteiger partial charge in [0, 0.05) is 37.8 Å². The highest BCUT2D eigenvalue weighted by molar-refractivity contribution is 6.32. The van der Waals surface area contributed by atoms with Crippen molar-refractivity contribution in [2.45, 2.75) is 6.54 Å². The summed E-state index contributed by atoms with van der Waals surface area (Å²) in [6, 6.07) is 11.1. The highest BCUT2D eigenvalue weighted by atomic mass is 35.5. The molecule has 2 aliphatic rings. The zero-order valence-electron chi connectivity index (χ0n) is 19.3. The minimum Gasteiger partial charge on any atom is -0.497 e. The number of rotatable bonds is 6. The molecule has 0 aliphatic carbocycles. The fourth-order valence-electron chi connectivity index (χ4n) is 3.99. The molecule has 0 saturated carbocycles. The number of amides is 1. The maximum atomic E-state index is 12.7. The fraction of sp³-hybridized carbons (Fsp3) is 0.320. The third-order valence-electron chi connectivity index (χ3n) is 5.90. The number of carbonyl (C=O) groups excluding carboxylic acids is 1. The lowest BCUT2D eigenvalue weighted by molar-refractivity contribution is -0.127. The molecule has 3 aromatic rings. The Morgan fingerprint density at radius 3 is 2.66 bits per heavy atom. The van der Waals surface area contributed by atoms with Gasteiger partial charge in [0.05, 0.1) is 18.7 Å². The Hall–Kier alpha value is -3.56. The van der Waals surface area contributed by atoms with Gasteiger partial charge < -0.3 is 23.6 Å². The van der Waals surface area contributed by atoms with Gasteiger partial charge in [-0.15, -0.1) is 0 Å². The van der Waals surface area contributed by atoms with E-state index in [-0.39, 0.29) is 5.91 Å². The lowest BCUT2D eigenvalue weighted by atomic mass is 10.1. The van der Waals surface area contributed by atoms with Gasteiger partial charge in [-0.2, -0.15) is 4.98 Å². The molecule has 1 fully saturated rings. The van der Waals surface area contributed by atoms with Crippen LogP contribution in [-0.4, -0.2) is 72.4 Å². The highest BCUT2D eigenvalue weighted by Crippen LogP contribution is 2.38. The van der Waals surface area contributed by atoms with Crippen molar-refractivity contribution in [1.29, 1.82) is 0 Å². The topological polar surface area (TPSA) is 90.2 Å². The molecule has 2 aliphatic heterocycles. The van der Waals surface area contributed by atoms with Crippen LogP contribution in [-0.2, 0) is 11.3 Å². The number of carbonyl (C=O) groups is 1. The van der Waals surface area contributed by atoms with Crippen LogP contribution in [0.2, 0.25) is 5.02 Å². The van der Waals surface area contributed by atoms with Gasteiger partial charge in [-0.05, 0) is 48.0 Å². The maximum Gasteiger partial charge on any atom is 0.246 e. The minimum absolute atomic E-state index is 0.0461. The predicted molar refractivity (Wildman–Crippen MR) is 130 cm³/mol. The molecule has 1 amide bonds. The number of hydrogen-bond acceptors (Lipinski definition) is 8. The first-order valence-corrected chi connectivity index (χ1v) is 11.7. The van der Waals surface area contributed by atoms with Gasteiger partial charge in [-0.25, -0.2) is 0 Å². The molecule has 2 aromatic carbocycles. The highest BCUT2D eigenvalue weighted by Gasteiger charge is 2.22.